The Morgan fingerprint density at radius 2 is 1.59 bits per heavy atom. The molecule has 0 aromatic rings. The van der Waals surface area contributed by atoms with Crippen LogP contribution in [-0.2, 0) is 19.6 Å². The van der Waals surface area contributed by atoms with Gasteiger partial charge in [0.2, 0.25) is 21.8 Å². The van der Waals surface area contributed by atoms with Crippen molar-refractivity contribution in [1.82, 2.24) is 4.72 Å². The second kappa shape index (κ2) is 7.44. The lowest BCUT2D eigenvalue weighted by atomic mass is 9.81. The van der Waals surface area contributed by atoms with Gasteiger partial charge in [-0.05, 0) is 38.0 Å². The summed E-state index contributed by atoms with van der Waals surface area (Å²) in [7, 11) is -3.58. The molecule has 0 aromatic heterocycles. The summed E-state index contributed by atoms with van der Waals surface area (Å²) >= 11 is 0. The van der Waals surface area contributed by atoms with Gasteiger partial charge in [-0.2, -0.15) is 0 Å². The monoisotopic (exact) mass is 330 g/mol. The van der Waals surface area contributed by atoms with E-state index < -0.39 is 27.8 Å². The SMILES string of the molecule is NC(=O)C1CCCC(C(=O)NS(=O)(=O)CC2CCCCC2)C1. The van der Waals surface area contributed by atoms with E-state index in [1.807, 2.05) is 0 Å². The van der Waals surface area contributed by atoms with E-state index in [2.05, 4.69) is 4.72 Å². The zero-order valence-corrected chi connectivity index (χ0v) is 13.7. The number of nitrogens with one attached hydrogen (secondary N) is 1. The van der Waals surface area contributed by atoms with E-state index >= 15 is 0 Å². The molecule has 0 heterocycles. The van der Waals surface area contributed by atoms with E-state index in [1.54, 1.807) is 0 Å². The summed E-state index contributed by atoms with van der Waals surface area (Å²) in [4.78, 5) is 23.4. The molecule has 126 valence electrons. The number of hydrogen-bond acceptors (Lipinski definition) is 4. The molecule has 22 heavy (non-hydrogen) atoms. The molecule has 2 saturated carbocycles. The topological polar surface area (TPSA) is 106 Å². The molecule has 0 aromatic carbocycles. The van der Waals surface area contributed by atoms with Crippen LogP contribution in [0.25, 0.3) is 0 Å². The standard InChI is InChI=1S/C15H26N2O4S/c16-14(18)12-7-4-8-13(9-12)15(19)17-22(20,21)10-11-5-2-1-3-6-11/h11-13H,1-10H2,(H2,16,18)(H,17,19). The van der Waals surface area contributed by atoms with Crippen LogP contribution in [0, 0.1) is 17.8 Å². The molecule has 0 radical (unpaired) electrons. The molecule has 2 aliphatic rings. The van der Waals surface area contributed by atoms with Crippen LogP contribution in [0.2, 0.25) is 0 Å². The Kier molecular flexibility index (Phi) is 5.83. The van der Waals surface area contributed by atoms with Crippen molar-refractivity contribution in [3.05, 3.63) is 0 Å². The Balaban J connectivity index is 1.88. The lowest BCUT2D eigenvalue weighted by Crippen LogP contribution is -2.41. The first-order valence-electron chi connectivity index (χ1n) is 8.21. The highest BCUT2D eigenvalue weighted by atomic mass is 32.2. The van der Waals surface area contributed by atoms with Crippen LogP contribution in [0.5, 0.6) is 0 Å². The number of carbonyl (C=O) groups excluding carboxylic acids is 2. The molecule has 0 bridgehead atoms. The summed E-state index contributed by atoms with van der Waals surface area (Å²) in [5.74, 6) is -1.42. The van der Waals surface area contributed by atoms with E-state index in [1.165, 1.54) is 6.42 Å². The number of primary amides is 1. The average molecular weight is 330 g/mol. The maximum atomic E-state index is 12.2. The summed E-state index contributed by atoms with van der Waals surface area (Å²) in [6.45, 7) is 0. The third kappa shape index (κ3) is 4.97. The quantitative estimate of drug-likeness (QED) is 0.792. The van der Waals surface area contributed by atoms with Gasteiger partial charge in [-0.25, -0.2) is 8.42 Å². The molecule has 0 aliphatic heterocycles. The third-order valence-corrected chi connectivity index (χ3v) is 6.31. The summed E-state index contributed by atoms with van der Waals surface area (Å²) in [6.07, 6.45) is 7.54. The first-order valence-corrected chi connectivity index (χ1v) is 9.86. The Labute approximate surface area is 132 Å². The van der Waals surface area contributed by atoms with Gasteiger partial charge in [-0.15, -0.1) is 0 Å². The molecule has 0 saturated heterocycles. The van der Waals surface area contributed by atoms with Crippen LogP contribution < -0.4 is 10.5 Å². The second-order valence-corrected chi connectivity index (χ2v) is 8.48. The lowest BCUT2D eigenvalue weighted by molar-refractivity contribution is -0.127. The largest absolute Gasteiger partial charge is 0.369 e. The number of carbonyl (C=O) groups is 2. The van der Waals surface area contributed by atoms with Gasteiger partial charge < -0.3 is 5.73 Å². The van der Waals surface area contributed by atoms with Crippen molar-refractivity contribution in [2.24, 2.45) is 23.5 Å². The van der Waals surface area contributed by atoms with Crippen LogP contribution in [0.3, 0.4) is 0 Å². The minimum Gasteiger partial charge on any atom is -0.369 e. The number of hydrogen-bond donors (Lipinski definition) is 2. The van der Waals surface area contributed by atoms with Crippen molar-refractivity contribution in [1.29, 1.82) is 0 Å². The normalized spacial score (nSPS) is 27.3. The molecule has 2 fully saturated rings. The van der Waals surface area contributed by atoms with Crippen molar-refractivity contribution >= 4 is 21.8 Å². The highest BCUT2D eigenvalue weighted by Crippen LogP contribution is 2.29. The maximum Gasteiger partial charge on any atom is 0.236 e. The van der Waals surface area contributed by atoms with Crippen LogP contribution >= 0.6 is 0 Å². The average Bonchev–Trinajstić information content (AvgIpc) is 2.47. The minimum absolute atomic E-state index is 0.0324. The summed E-state index contributed by atoms with van der Waals surface area (Å²) in [5.41, 5.74) is 5.29. The number of sulfonamides is 1. The van der Waals surface area contributed by atoms with E-state index in [9.17, 15) is 18.0 Å². The molecule has 2 rings (SSSR count). The Morgan fingerprint density at radius 1 is 0.955 bits per heavy atom. The van der Waals surface area contributed by atoms with E-state index in [4.69, 9.17) is 5.73 Å². The summed E-state index contributed by atoms with van der Waals surface area (Å²) in [5, 5.41) is 0. The zero-order valence-electron chi connectivity index (χ0n) is 12.9. The molecule has 2 aliphatic carbocycles. The lowest BCUT2D eigenvalue weighted by Gasteiger charge is -2.27. The zero-order chi connectivity index (χ0) is 16.2. The second-order valence-electron chi connectivity index (χ2n) is 6.71. The van der Waals surface area contributed by atoms with Crippen molar-refractivity contribution in [3.8, 4) is 0 Å². The van der Waals surface area contributed by atoms with Crippen LogP contribution in [0.15, 0.2) is 0 Å². The minimum atomic E-state index is -3.58. The molecular formula is C15H26N2O4S. The van der Waals surface area contributed by atoms with E-state index in [-0.39, 0.29) is 17.6 Å². The van der Waals surface area contributed by atoms with Gasteiger partial charge in [-0.3, -0.25) is 14.3 Å². The van der Waals surface area contributed by atoms with Gasteiger partial charge in [0.25, 0.3) is 0 Å². The molecule has 3 N–H and O–H groups in total. The van der Waals surface area contributed by atoms with Gasteiger partial charge in [0, 0.05) is 11.8 Å². The molecule has 2 amide bonds. The van der Waals surface area contributed by atoms with E-state index in [0.717, 1.165) is 32.1 Å². The number of amides is 2. The highest BCUT2D eigenvalue weighted by molar-refractivity contribution is 7.90. The fourth-order valence-electron chi connectivity index (χ4n) is 3.63. The molecule has 2 atom stereocenters. The number of rotatable bonds is 5. The Bertz CT molecular complexity index is 512. The first kappa shape index (κ1) is 17.2. The predicted molar refractivity (Wildman–Crippen MR) is 83.1 cm³/mol. The molecule has 7 heteroatoms. The molecule has 2 unspecified atom stereocenters. The highest BCUT2D eigenvalue weighted by Gasteiger charge is 2.32. The van der Waals surface area contributed by atoms with E-state index in [0.29, 0.717) is 19.3 Å². The van der Waals surface area contributed by atoms with Crippen molar-refractivity contribution < 1.29 is 18.0 Å². The summed E-state index contributed by atoms with van der Waals surface area (Å²) < 4.78 is 26.5. The fourth-order valence-corrected chi connectivity index (χ4v) is 5.14. The predicted octanol–water partition coefficient (Wildman–Crippen LogP) is 1.30. The van der Waals surface area contributed by atoms with Gasteiger partial charge in [0.1, 0.15) is 0 Å². The fraction of sp³-hybridized carbons (Fsp3) is 0.867. The van der Waals surface area contributed by atoms with Crippen molar-refractivity contribution in [3.63, 3.8) is 0 Å². The van der Waals surface area contributed by atoms with Gasteiger partial charge in [-0.1, -0.05) is 25.7 Å². The third-order valence-electron chi connectivity index (χ3n) is 4.88. The number of nitrogens with two attached hydrogens (primary N) is 1. The first-order chi connectivity index (χ1) is 10.4. The van der Waals surface area contributed by atoms with Crippen molar-refractivity contribution in [2.75, 3.05) is 5.75 Å². The summed E-state index contributed by atoms with van der Waals surface area (Å²) in [6, 6.07) is 0. The van der Waals surface area contributed by atoms with Gasteiger partial charge in [0.05, 0.1) is 5.75 Å². The molecular weight excluding hydrogens is 304 g/mol. The smallest absolute Gasteiger partial charge is 0.236 e. The van der Waals surface area contributed by atoms with Crippen molar-refractivity contribution in [2.45, 2.75) is 57.8 Å². The maximum absolute atomic E-state index is 12.2. The molecule has 6 nitrogen and oxygen atoms in total. The van der Waals surface area contributed by atoms with Crippen LogP contribution in [-0.4, -0.2) is 26.0 Å². The Hall–Kier alpha value is -1.11. The van der Waals surface area contributed by atoms with Crippen LogP contribution in [0.1, 0.15) is 57.8 Å². The molecule has 0 spiro atoms. The van der Waals surface area contributed by atoms with Gasteiger partial charge >= 0.3 is 0 Å². The Morgan fingerprint density at radius 3 is 2.23 bits per heavy atom. The van der Waals surface area contributed by atoms with Crippen LogP contribution in [0.4, 0.5) is 0 Å². The van der Waals surface area contributed by atoms with Gasteiger partial charge in [0.15, 0.2) is 0 Å².